The molecule has 0 spiro atoms. The third-order valence-corrected chi connectivity index (χ3v) is 7.46. The van der Waals surface area contributed by atoms with Crippen LogP contribution in [-0.4, -0.2) is 29.5 Å². The van der Waals surface area contributed by atoms with E-state index in [9.17, 15) is 10.2 Å². The molecule has 0 aliphatic heterocycles. The van der Waals surface area contributed by atoms with Crippen LogP contribution in [0.2, 0.25) is 0 Å². The molecule has 2 fully saturated rings. The van der Waals surface area contributed by atoms with E-state index >= 15 is 0 Å². The van der Waals surface area contributed by atoms with E-state index in [4.69, 9.17) is 4.74 Å². The molecule has 126 valence electrons. The van der Waals surface area contributed by atoms with E-state index in [-0.39, 0.29) is 16.9 Å². The van der Waals surface area contributed by atoms with Gasteiger partial charge in [-0.25, -0.2) is 0 Å². The predicted octanol–water partition coefficient (Wildman–Crippen LogP) is 3.20. The monoisotopic (exact) mass is 316 g/mol. The highest BCUT2D eigenvalue weighted by Crippen LogP contribution is 2.64. The molecule has 3 heteroatoms. The Balaban J connectivity index is 1.82. The number of aliphatic hydroxyl groups is 2. The van der Waals surface area contributed by atoms with Crippen molar-refractivity contribution in [3.05, 3.63) is 35.6 Å². The van der Waals surface area contributed by atoms with Gasteiger partial charge < -0.3 is 14.9 Å². The molecule has 23 heavy (non-hydrogen) atoms. The summed E-state index contributed by atoms with van der Waals surface area (Å²) in [6, 6.07) is 0. The molecule has 0 heterocycles. The van der Waals surface area contributed by atoms with Crippen LogP contribution in [0.25, 0.3) is 0 Å². The zero-order chi connectivity index (χ0) is 16.4. The number of methoxy groups -OCH3 is 1. The number of hydrogen-bond acceptors (Lipinski definition) is 3. The van der Waals surface area contributed by atoms with Crippen LogP contribution in [0, 0.1) is 28.6 Å². The summed E-state index contributed by atoms with van der Waals surface area (Å²) in [6.07, 6.45) is 11.8. The number of hydrogen-bond donors (Lipinski definition) is 2. The minimum absolute atomic E-state index is 0.0221. The van der Waals surface area contributed by atoms with Gasteiger partial charge in [0.15, 0.2) is 0 Å². The summed E-state index contributed by atoms with van der Waals surface area (Å²) in [7, 11) is 1.76. The topological polar surface area (TPSA) is 49.7 Å². The van der Waals surface area contributed by atoms with Crippen molar-refractivity contribution in [3.8, 4) is 0 Å². The summed E-state index contributed by atoms with van der Waals surface area (Å²) < 4.78 is 5.81. The molecule has 3 nitrogen and oxygen atoms in total. The maximum absolute atomic E-state index is 10.5. The zero-order valence-corrected chi connectivity index (χ0v) is 14.3. The number of aliphatic hydroxyl groups excluding tert-OH is 2. The average molecular weight is 316 g/mol. The first kappa shape index (κ1) is 15.5. The van der Waals surface area contributed by atoms with Crippen molar-refractivity contribution in [2.75, 3.05) is 7.11 Å². The maximum Gasteiger partial charge on any atom is 0.0995 e. The summed E-state index contributed by atoms with van der Waals surface area (Å²) in [5, 5.41) is 20.5. The predicted molar refractivity (Wildman–Crippen MR) is 89.5 cm³/mol. The molecule has 4 aliphatic carbocycles. The number of allylic oxidation sites excluding steroid dienone is 4. The standard InChI is InChI=1S/C20H28O3/c1-19-8-6-13(21)10-12(19)11-16(23-3)18-14-4-5-17(22)20(14,2)9-7-15(18)19/h6,8,10-11,13-15,17-18,21-22H,4-5,7,9H2,1-3H3/t13?,14-,15-,17-,18-,19-,20-/m0/s1. The fraction of sp³-hybridized carbons (Fsp3) is 0.700. The van der Waals surface area contributed by atoms with E-state index in [0.29, 0.717) is 17.8 Å². The molecule has 4 rings (SSSR count). The Bertz CT molecular complexity index is 604. The first-order chi connectivity index (χ1) is 10.9. The number of ether oxygens (including phenoxy) is 1. The summed E-state index contributed by atoms with van der Waals surface area (Å²) in [5.41, 5.74) is 1.18. The SMILES string of the molecule is COC1=CC2=CC(O)C=C[C@]2(C)[C@H]2CC[C@]3(C)[C@@H](O)CC[C@H]3[C@H]12. The molecular weight excluding hydrogens is 288 g/mol. The molecular formula is C20H28O3. The van der Waals surface area contributed by atoms with E-state index < -0.39 is 6.10 Å². The first-order valence-corrected chi connectivity index (χ1v) is 8.93. The Labute approximate surface area is 138 Å². The Morgan fingerprint density at radius 3 is 2.65 bits per heavy atom. The van der Waals surface area contributed by atoms with E-state index in [0.717, 1.165) is 31.4 Å². The van der Waals surface area contributed by atoms with Crippen LogP contribution in [0.15, 0.2) is 35.6 Å². The quantitative estimate of drug-likeness (QED) is 0.730. The van der Waals surface area contributed by atoms with Crippen molar-refractivity contribution in [1.82, 2.24) is 0 Å². The third-order valence-electron chi connectivity index (χ3n) is 7.46. The molecule has 0 aromatic heterocycles. The van der Waals surface area contributed by atoms with Crippen molar-refractivity contribution in [3.63, 3.8) is 0 Å². The normalized spacial score (nSPS) is 51.3. The molecule has 4 aliphatic rings. The lowest BCUT2D eigenvalue weighted by atomic mass is 9.49. The zero-order valence-electron chi connectivity index (χ0n) is 14.3. The minimum Gasteiger partial charge on any atom is -0.501 e. The van der Waals surface area contributed by atoms with Gasteiger partial charge in [-0.05, 0) is 60.7 Å². The largest absolute Gasteiger partial charge is 0.501 e. The highest BCUT2D eigenvalue weighted by Gasteiger charge is 2.59. The highest BCUT2D eigenvalue weighted by atomic mass is 16.5. The number of rotatable bonds is 1. The molecule has 7 atom stereocenters. The lowest BCUT2D eigenvalue weighted by Crippen LogP contribution is -2.50. The van der Waals surface area contributed by atoms with Gasteiger partial charge in [0, 0.05) is 11.3 Å². The fourth-order valence-corrected chi connectivity index (χ4v) is 5.98. The Morgan fingerprint density at radius 2 is 1.91 bits per heavy atom. The molecule has 0 aromatic carbocycles. The molecule has 0 bridgehead atoms. The fourth-order valence-electron chi connectivity index (χ4n) is 5.98. The van der Waals surface area contributed by atoms with Crippen molar-refractivity contribution in [2.45, 2.75) is 51.7 Å². The maximum atomic E-state index is 10.5. The Hall–Kier alpha value is -1.06. The van der Waals surface area contributed by atoms with E-state index in [2.05, 4.69) is 26.0 Å². The molecule has 1 unspecified atom stereocenters. The minimum atomic E-state index is -0.494. The second kappa shape index (κ2) is 4.97. The van der Waals surface area contributed by atoms with E-state index in [1.165, 1.54) is 5.57 Å². The smallest absolute Gasteiger partial charge is 0.0995 e. The third kappa shape index (κ3) is 1.96. The first-order valence-electron chi connectivity index (χ1n) is 8.93. The van der Waals surface area contributed by atoms with Gasteiger partial charge in [0.1, 0.15) is 0 Å². The van der Waals surface area contributed by atoms with Crippen LogP contribution in [-0.2, 0) is 4.74 Å². The van der Waals surface area contributed by atoms with Crippen molar-refractivity contribution < 1.29 is 14.9 Å². The second-order valence-electron chi connectivity index (χ2n) is 8.38. The van der Waals surface area contributed by atoms with Gasteiger partial charge in [-0.1, -0.05) is 26.0 Å². The van der Waals surface area contributed by atoms with Crippen LogP contribution in [0.3, 0.4) is 0 Å². The molecule has 2 N–H and O–H groups in total. The second-order valence-corrected chi connectivity index (χ2v) is 8.38. The van der Waals surface area contributed by atoms with E-state index in [1.54, 1.807) is 7.11 Å². The van der Waals surface area contributed by atoms with Crippen LogP contribution in [0.4, 0.5) is 0 Å². The Kier molecular flexibility index (Phi) is 3.34. The lowest BCUT2D eigenvalue weighted by Gasteiger charge is -2.55. The van der Waals surface area contributed by atoms with Gasteiger partial charge >= 0.3 is 0 Å². The van der Waals surface area contributed by atoms with Crippen molar-refractivity contribution in [1.29, 1.82) is 0 Å². The summed E-state index contributed by atoms with van der Waals surface area (Å²) in [5.74, 6) is 2.39. The van der Waals surface area contributed by atoms with Crippen LogP contribution in [0.5, 0.6) is 0 Å². The van der Waals surface area contributed by atoms with Gasteiger partial charge in [0.05, 0.1) is 25.1 Å². The molecule has 0 saturated heterocycles. The molecule has 0 radical (unpaired) electrons. The van der Waals surface area contributed by atoms with Crippen molar-refractivity contribution >= 4 is 0 Å². The van der Waals surface area contributed by atoms with Gasteiger partial charge in [-0.3, -0.25) is 0 Å². The Morgan fingerprint density at radius 1 is 1.13 bits per heavy atom. The van der Waals surface area contributed by atoms with Crippen LogP contribution in [0.1, 0.15) is 39.5 Å². The summed E-state index contributed by atoms with van der Waals surface area (Å²) in [6.45, 7) is 4.57. The van der Waals surface area contributed by atoms with Crippen LogP contribution < -0.4 is 0 Å². The van der Waals surface area contributed by atoms with Gasteiger partial charge in [0.2, 0.25) is 0 Å². The summed E-state index contributed by atoms with van der Waals surface area (Å²) >= 11 is 0. The van der Waals surface area contributed by atoms with E-state index in [1.807, 2.05) is 12.2 Å². The van der Waals surface area contributed by atoms with Gasteiger partial charge in [-0.15, -0.1) is 0 Å². The van der Waals surface area contributed by atoms with Crippen molar-refractivity contribution in [2.24, 2.45) is 28.6 Å². The molecule has 0 aromatic rings. The summed E-state index contributed by atoms with van der Waals surface area (Å²) in [4.78, 5) is 0. The van der Waals surface area contributed by atoms with Gasteiger partial charge in [0.25, 0.3) is 0 Å². The molecule has 0 amide bonds. The average Bonchev–Trinajstić information content (AvgIpc) is 2.83. The van der Waals surface area contributed by atoms with Crippen LogP contribution >= 0.6 is 0 Å². The van der Waals surface area contributed by atoms with Gasteiger partial charge in [-0.2, -0.15) is 0 Å². The highest BCUT2D eigenvalue weighted by molar-refractivity contribution is 5.43. The lowest BCUT2D eigenvalue weighted by molar-refractivity contribution is -0.0559. The molecule has 2 saturated carbocycles. The number of fused-ring (bicyclic) bond motifs is 5.